The second kappa shape index (κ2) is 13.3. The van der Waals surface area contributed by atoms with Gasteiger partial charge in [0.25, 0.3) is 10.0 Å². The second-order valence-corrected chi connectivity index (χ2v) is 10.9. The highest BCUT2D eigenvalue weighted by Gasteiger charge is 2.33. The average Bonchev–Trinajstić information content (AvgIpc) is 2.94. The smallest absolute Gasteiger partial charge is 0.264 e. The molecule has 0 aliphatic rings. The maximum atomic E-state index is 13.9. The summed E-state index contributed by atoms with van der Waals surface area (Å²) in [4.78, 5) is 28.2. The van der Waals surface area contributed by atoms with Gasteiger partial charge in [-0.1, -0.05) is 61.0 Å². The highest BCUT2D eigenvalue weighted by molar-refractivity contribution is 7.92. The van der Waals surface area contributed by atoms with Crippen LogP contribution in [-0.2, 0) is 26.2 Å². The molecular weight excluding hydrogens is 526 g/mol. The van der Waals surface area contributed by atoms with E-state index in [0.717, 1.165) is 16.3 Å². The highest BCUT2D eigenvalue weighted by atomic mass is 35.5. The molecule has 0 aliphatic carbocycles. The van der Waals surface area contributed by atoms with Gasteiger partial charge in [-0.2, -0.15) is 0 Å². The quantitative estimate of drug-likeness (QED) is 0.354. The van der Waals surface area contributed by atoms with E-state index in [1.807, 2.05) is 6.92 Å². The van der Waals surface area contributed by atoms with Gasteiger partial charge in [-0.15, -0.1) is 0 Å². The van der Waals surface area contributed by atoms with Crippen molar-refractivity contribution in [3.63, 3.8) is 0 Å². The Morgan fingerprint density at radius 1 is 0.974 bits per heavy atom. The lowest BCUT2D eigenvalue weighted by atomic mass is 10.1. The van der Waals surface area contributed by atoms with Crippen molar-refractivity contribution in [3.8, 4) is 5.75 Å². The fourth-order valence-electron chi connectivity index (χ4n) is 3.83. The molecule has 0 aromatic heterocycles. The van der Waals surface area contributed by atoms with Crippen LogP contribution < -0.4 is 14.4 Å². The number of anilines is 1. The number of hydrogen-bond acceptors (Lipinski definition) is 5. The van der Waals surface area contributed by atoms with Crippen LogP contribution in [0.3, 0.4) is 0 Å². The molecule has 10 heteroatoms. The number of nitrogens with one attached hydrogen (secondary N) is 1. The lowest BCUT2D eigenvalue weighted by Gasteiger charge is -2.32. The topological polar surface area (TPSA) is 96.0 Å². The van der Waals surface area contributed by atoms with Gasteiger partial charge in [-0.25, -0.2) is 8.42 Å². The minimum absolute atomic E-state index is 0.0247. The third-order valence-corrected chi connectivity index (χ3v) is 7.97. The van der Waals surface area contributed by atoms with Crippen molar-refractivity contribution in [2.24, 2.45) is 0 Å². The summed E-state index contributed by atoms with van der Waals surface area (Å²) in [7, 11) is -2.73. The minimum Gasteiger partial charge on any atom is -0.495 e. The molecule has 3 aromatic carbocycles. The number of rotatable bonds is 12. The molecular formula is C28H32ClN3O5S. The number of sulfonamides is 1. The predicted molar refractivity (Wildman–Crippen MR) is 149 cm³/mol. The number of carbonyl (C=O) groups excluding carboxylic acids is 2. The summed E-state index contributed by atoms with van der Waals surface area (Å²) in [6.45, 7) is 3.55. The first kappa shape index (κ1) is 29.0. The van der Waals surface area contributed by atoms with E-state index in [9.17, 15) is 18.0 Å². The molecule has 0 radical (unpaired) electrons. The molecule has 8 nitrogen and oxygen atoms in total. The SMILES string of the molecule is CCCNC(=O)[C@@H](C)N(Cc1ccc(Cl)cc1)C(=O)CN(c1ccccc1OC)S(=O)(=O)c1ccccc1. The van der Waals surface area contributed by atoms with Gasteiger partial charge >= 0.3 is 0 Å². The van der Waals surface area contributed by atoms with E-state index in [2.05, 4.69) is 5.32 Å². The Morgan fingerprint density at radius 3 is 2.24 bits per heavy atom. The van der Waals surface area contributed by atoms with Crippen LogP contribution in [-0.4, -0.2) is 51.4 Å². The normalized spacial score (nSPS) is 11.9. The van der Waals surface area contributed by atoms with Crippen molar-refractivity contribution in [1.82, 2.24) is 10.2 Å². The van der Waals surface area contributed by atoms with Crippen LogP contribution in [0.1, 0.15) is 25.8 Å². The predicted octanol–water partition coefficient (Wildman–Crippen LogP) is 4.49. The Hall–Kier alpha value is -3.56. The van der Waals surface area contributed by atoms with Crippen molar-refractivity contribution in [3.05, 3.63) is 89.4 Å². The van der Waals surface area contributed by atoms with E-state index in [1.54, 1.807) is 73.7 Å². The summed E-state index contributed by atoms with van der Waals surface area (Å²) in [6, 6.07) is 20.5. The molecule has 0 saturated carbocycles. The summed E-state index contributed by atoms with van der Waals surface area (Å²) in [6.07, 6.45) is 0.737. The lowest BCUT2D eigenvalue weighted by Crippen LogP contribution is -2.51. The van der Waals surface area contributed by atoms with Crippen molar-refractivity contribution in [2.45, 2.75) is 37.8 Å². The number of hydrogen-bond donors (Lipinski definition) is 1. The van der Waals surface area contributed by atoms with Crippen LogP contribution in [0.4, 0.5) is 5.69 Å². The Morgan fingerprint density at radius 2 is 1.61 bits per heavy atom. The van der Waals surface area contributed by atoms with Gasteiger partial charge in [0.2, 0.25) is 11.8 Å². The highest BCUT2D eigenvalue weighted by Crippen LogP contribution is 2.32. The minimum atomic E-state index is -4.17. The number of amides is 2. The van der Waals surface area contributed by atoms with Gasteiger partial charge < -0.3 is 15.0 Å². The Labute approximate surface area is 229 Å². The molecule has 0 heterocycles. The van der Waals surface area contributed by atoms with Gasteiger partial charge in [0.1, 0.15) is 18.3 Å². The molecule has 1 atom stereocenters. The molecule has 0 unspecified atom stereocenters. The Balaban J connectivity index is 2.04. The number of ether oxygens (including phenoxy) is 1. The molecule has 0 bridgehead atoms. The van der Waals surface area contributed by atoms with Crippen molar-refractivity contribution >= 4 is 39.1 Å². The van der Waals surface area contributed by atoms with Crippen molar-refractivity contribution < 1.29 is 22.7 Å². The van der Waals surface area contributed by atoms with Crippen LogP contribution in [0, 0.1) is 0 Å². The van der Waals surface area contributed by atoms with Gasteiger partial charge in [-0.05, 0) is 55.3 Å². The monoisotopic (exact) mass is 557 g/mol. The molecule has 3 aromatic rings. The summed E-state index contributed by atoms with van der Waals surface area (Å²) in [5.41, 5.74) is 0.953. The number of methoxy groups -OCH3 is 1. The first-order valence-electron chi connectivity index (χ1n) is 12.2. The van der Waals surface area contributed by atoms with Crippen LogP contribution in [0.15, 0.2) is 83.8 Å². The zero-order chi connectivity index (χ0) is 27.7. The zero-order valence-electron chi connectivity index (χ0n) is 21.6. The van der Waals surface area contributed by atoms with Crippen LogP contribution in [0.2, 0.25) is 5.02 Å². The maximum absolute atomic E-state index is 13.9. The zero-order valence-corrected chi connectivity index (χ0v) is 23.2. The van der Waals surface area contributed by atoms with Gasteiger partial charge in [0.05, 0.1) is 17.7 Å². The summed E-state index contributed by atoms with van der Waals surface area (Å²) in [5, 5.41) is 3.35. The molecule has 2 amide bonds. The van der Waals surface area contributed by atoms with Crippen LogP contribution >= 0.6 is 11.6 Å². The number of para-hydroxylation sites is 2. The number of carbonyl (C=O) groups is 2. The number of halogens is 1. The summed E-state index contributed by atoms with van der Waals surface area (Å²) in [5.74, 6) is -0.591. The fraction of sp³-hybridized carbons (Fsp3) is 0.286. The van der Waals surface area contributed by atoms with Crippen molar-refractivity contribution in [2.75, 3.05) is 24.5 Å². The summed E-state index contributed by atoms with van der Waals surface area (Å²) < 4.78 is 34.1. The lowest BCUT2D eigenvalue weighted by molar-refractivity contribution is -0.139. The maximum Gasteiger partial charge on any atom is 0.264 e. The molecule has 0 aliphatic heterocycles. The molecule has 1 N–H and O–H groups in total. The van der Waals surface area contributed by atoms with E-state index in [1.165, 1.54) is 24.1 Å². The standard InChI is InChI=1S/C28H32ClN3O5S/c1-4-18-30-28(34)21(2)31(19-22-14-16-23(29)17-15-22)27(33)20-32(25-12-8-9-13-26(25)37-3)38(35,36)24-10-6-5-7-11-24/h5-17,21H,4,18-20H2,1-3H3,(H,30,34)/t21-/m1/s1. The second-order valence-electron chi connectivity index (χ2n) is 8.61. The number of benzene rings is 3. The molecule has 38 heavy (non-hydrogen) atoms. The average molecular weight is 558 g/mol. The van der Waals surface area contributed by atoms with Crippen LogP contribution in [0.5, 0.6) is 5.75 Å². The third-order valence-electron chi connectivity index (χ3n) is 5.95. The first-order valence-corrected chi connectivity index (χ1v) is 14.0. The Kier molecular flexibility index (Phi) is 10.2. The first-order chi connectivity index (χ1) is 18.2. The van der Waals surface area contributed by atoms with E-state index < -0.39 is 28.5 Å². The van der Waals surface area contributed by atoms with Gasteiger partial charge in [0, 0.05) is 18.1 Å². The third kappa shape index (κ3) is 7.05. The molecule has 202 valence electrons. The fourth-order valence-corrected chi connectivity index (χ4v) is 5.41. The van der Waals surface area contributed by atoms with E-state index in [0.29, 0.717) is 11.6 Å². The van der Waals surface area contributed by atoms with Gasteiger partial charge in [0.15, 0.2) is 0 Å². The van der Waals surface area contributed by atoms with Crippen molar-refractivity contribution in [1.29, 1.82) is 0 Å². The van der Waals surface area contributed by atoms with Crippen LogP contribution in [0.25, 0.3) is 0 Å². The molecule has 3 rings (SSSR count). The molecule has 0 spiro atoms. The molecule has 0 saturated heterocycles. The summed E-state index contributed by atoms with van der Waals surface area (Å²) >= 11 is 6.02. The Bertz CT molecular complexity index is 1330. The van der Waals surface area contributed by atoms with E-state index in [4.69, 9.17) is 16.3 Å². The van der Waals surface area contributed by atoms with Gasteiger partial charge in [-0.3, -0.25) is 13.9 Å². The van der Waals surface area contributed by atoms with E-state index in [-0.39, 0.29) is 28.8 Å². The van der Waals surface area contributed by atoms with E-state index >= 15 is 0 Å². The number of nitrogens with zero attached hydrogens (tertiary/aromatic N) is 2. The molecule has 0 fully saturated rings. The largest absolute Gasteiger partial charge is 0.495 e.